The normalized spacial score (nSPS) is 27.2. The lowest BCUT2D eigenvalue weighted by Gasteiger charge is -2.39. The summed E-state index contributed by atoms with van der Waals surface area (Å²) < 4.78 is 10.8. The molecule has 2 aromatic carbocycles. The summed E-state index contributed by atoms with van der Waals surface area (Å²) in [6.07, 6.45) is -3.90. The number of benzene rings is 2. The summed E-state index contributed by atoms with van der Waals surface area (Å²) in [5.41, 5.74) is 1.11. The molecular weight excluding hydrogens is 384 g/mol. The molecule has 0 aromatic heterocycles. The van der Waals surface area contributed by atoms with Crippen molar-refractivity contribution in [3.63, 3.8) is 0 Å². The van der Waals surface area contributed by atoms with Crippen molar-refractivity contribution in [1.29, 1.82) is 0 Å². The average molecular weight is 406 g/mol. The molecule has 3 rings (SSSR count). The Morgan fingerprint density at radius 2 is 1.55 bits per heavy atom. The Labute approximate surface area is 165 Å². The number of hydrogen-bond donors (Lipinski definition) is 7. The summed E-state index contributed by atoms with van der Waals surface area (Å²) >= 11 is 0. The third-order valence-electron chi connectivity index (χ3n) is 4.48. The van der Waals surface area contributed by atoms with Crippen molar-refractivity contribution in [2.75, 3.05) is 6.61 Å². The van der Waals surface area contributed by atoms with Crippen molar-refractivity contribution < 1.29 is 45.2 Å². The Bertz CT molecular complexity index is 880. The fourth-order valence-electron chi connectivity index (χ4n) is 2.91. The fourth-order valence-corrected chi connectivity index (χ4v) is 2.91. The second-order valence-corrected chi connectivity index (χ2v) is 6.66. The second kappa shape index (κ2) is 8.68. The molecule has 2 aromatic rings. The van der Waals surface area contributed by atoms with E-state index in [0.29, 0.717) is 11.1 Å². The molecular formula is C20H22O9. The number of rotatable bonds is 5. The number of aliphatic hydroxyl groups excluding tert-OH is 4. The van der Waals surface area contributed by atoms with Gasteiger partial charge in [0.2, 0.25) is 6.29 Å². The standard InChI is InChI=1S/C20H22O9/c21-9-16-17(25)18(26)19(27)20(29-16)28-13-6-11(5-12(22)8-13)2-1-10-3-4-14(23)15(24)7-10/h1-8,16-27H,9H2/b2-1+. The first kappa shape index (κ1) is 20.9. The van der Waals surface area contributed by atoms with Crippen molar-refractivity contribution in [3.8, 4) is 23.0 Å². The van der Waals surface area contributed by atoms with Gasteiger partial charge in [-0.3, -0.25) is 0 Å². The predicted molar refractivity (Wildman–Crippen MR) is 101 cm³/mol. The number of ether oxygens (including phenoxy) is 2. The molecule has 29 heavy (non-hydrogen) atoms. The zero-order chi connectivity index (χ0) is 21.1. The molecule has 5 atom stereocenters. The van der Waals surface area contributed by atoms with Gasteiger partial charge in [-0.2, -0.15) is 0 Å². The van der Waals surface area contributed by atoms with Crippen LogP contribution in [0.4, 0.5) is 0 Å². The minimum atomic E-state index is -1.58. The summed E-state index contributed by atoms with van der Waals surface area (Å²) in [6, 6.07) is 8.52. The SMILES string of the molecule is OCC1OC(Oc2cc(O)cc(/C=C/c3ccc(O)c(O)c3)c2)C(O)C(O)C1O. The fraction of sp³-hybridized carbons (Fsp3) is 0.300. The van der Waals surface area contributed by atoms with E-state index in [0.717, 1.165) is 0 Å². The van der Waals surface area contributed by atoms with Crippen LogP contribution in [0.1, 0.15) is 11.1 Å². The molecule has 1 heterocycles. The molecule has 0 radical (unpaired) electrons. The average Bonchev–Trinajstić information content (AvgIpc) is 2.69. The van der Waals surface area contributed by atoms with E-state index in [-0.39, 0.29) is 23.0 Å². The van der Waals surface area contributed by atoms with Crippen LogP contribution in [0.3, 0.4) is 0 Å². The van der Waals surface area contributed by atoms with Crippen LogP contribution in [0, 0.1) is 0 Å². The van der Waals surface area contributed by atoms with E-state index in [9.17, 15) is 35.7 Å². The van der Waals surface area contributed by atoms with Crippen molar-refractivity contribution >= 4 is 12.2 Å². The molecule has 5 unspecified atom stereocenters. The number of aliphatic hydroxyl groups is 4. The Morgan fingerprint density at radius 1 is 0.828 bits per heavy atom. The number of phenols is 3. The lowest BCUT2D eigenvalue weighted by atomic mass is 9.99. The molecule has 1 aliphatic rings. The molecule has 0 spiro atoms. The van der Waals surface area contributed by atoms with E-state index >= 15 is 0 Å². The molecule has 9 nitrogen and oxygen atoms in total. The van der Waals surface area contributed by atoms with Crippen LogP contribution in [-0.2, 0) is 4.74 Å². The van der Waals surface area contributed by atoms with Gasteiger partial charge in [0.15, 0.2) is 11.5 Å². The minimum Gasteiger partial charge on any atom is -0.508 e. The first-order valence-electron chi connectivity index (χ1n) is 8.80. The van der Waals surface area contributed by atoms with Gasteiger partial charge in [0.1, 0.15) is 35.9 Å². The van der Waals surface area contributed by atoms with Gasteiger partial charge in [-0.15, -0.1) is 0 Å². The van der Waals surface area contributed by atoms with Crippen molar-refractivity contribution in [1.82, 2.24) is 0 Å². The molecule has 1 fully saturated rings. The summed E-state index contributed by atoms with van der Waals surface area (Å²) in [4.78, 5) is 0. The van der Waals surface area contributed by atoms with Crippen LogP contribution in [0.5, 0.6) is 23.0 Å². The van der Waals surface area contributed by atoms with Gasteiger partial charge in [-0.1, -0.05) is 18.2 Å². The highest BCUT2D eigenvalue weighted by atomic mass is 16.7. The van der Waals surface area contributed by atoms with Crippen molar-refractivity contribution in [2.24, 2.45) is 0 Å². The van der Waals surface area contributed by atoms with Gasteiger partial charge in [-0.25, -0.2) is 0 Å². The molecule has 0 bridgehead atoms. The van der Waals surface area contributed by atoms with Gasteiger partial charge in [0.25, 0.3) is 0 Å². The maximum absolute atomic E-state index is 10.1. The van der Waals surface area contributed by atoms with E-state index in [2.05, 4.69) is 0 Å². The van der Waals surface area contributed by atoms with Gasteiger partial charge < -0.3 is 45.2 Å². The van der Waals surface area contributed by atoms with Crippen LogP contribution in [0.15, 0.2) is 36.4 Å². The first-order valence-corrected chi connectivity index (χ1v) is 8.80. The van der Waals surface area contributed by atoms with E-state index in [1.54, 1.807) is 18.2 Å². The number of aromatic hydroxyl groups is 3. The maximum atomic E-state index is 10.1. The van der Waals surface area contributed by atoms with Crippen LogP contribution >= 0.6 is 0 Å². The maximum Gasteiger partial charge on any atom is 0.229 e. The topological polar surface area (TPSA) is 160 Å². The third-order valence-corrected chi connectivity index (χ3v) is 4.48. The highest BCUT2D eigenvalue weighted by Gasteiger charge is 2.44. The Hall–Kier alpha value is -2.82. The van der Waals surface area contributed by atoms with Crippen molar-refractivity contribution in [3.05, 3.63) is 47.5 Å². The lowest BCUT2D eigenvalue weighted by Crippen LogP contribution is -2.60. The Morgan fingerprint density at radius 3 is 2.24 bits per heavy atom. The van der Waals surface area contributed by atoms with Gasteiger partial charge in [0.05, 0.1) is 6.61 Å². The molecule has 9 heteroatoms. The van der Waals surface area contributed by atoms with Crippen LogP contribution < -0.4 is 4.74 Å². The molecule has 7 N–H and O–H groups in total. The predicted octanol–water partition coefficient (Wildman–Crippen LogP) is 0.152. The Kier molecular flexibility index (Phi) is 6.26. The summed E-state index contributed by atoms with van der Waals surface area (Å²) in [5, 5.41) is 67.8. The summed E-state index contributed by atoms with van der Waals surface area (Å²) in [5.74, 6) is -0.535. The monoisotopic (exact) mass is 406 g/mol. The highest BCUT2D eigenvalue weighted by molar-refractivity contribution is 5.72. The second-order valence-electron chi connectivity index (χ2n) is 6.66. The van der Waals surface area contributed by atoms with Crippen molar-refractivity contribution in [2.45, 2.75) is 30.7 Å². The lowest BCUT2D eigenvalue weighted by molar-refractivity contribution is -0.277. The largest absolute Gasteiger partial charge is 0.508 e. The molecule has 0 amide bonds. The van der Waals surface area contributed by atoms with E-state index < -0.39 is 37.3 Å². The van der Waals surface area contributed by atoms with Crippen LogP contribution in [-0.4, -0.2) is 73.1 Å². The smallest absolute Gasteiger partial charge is 0.229 e. The quantitative estimate of drug-likeness (QED) is 0.271. The summed E-state index contributed by atoms with van der Waals surface area (Å²) in [6.45, 7) is -0.585. The molecule has 0 aliphatic carbocycles. The minimum absolute atomic E-state index is 0.113. The van der Waals surface area contributed by atoms with Gasteiger partial charge >= 0.3 is 0 Å². The van der Waals surface area contributed by atoms with Gasteiger partial charge in [-0.05, 0) is 35.4 Å². The molecule has 0 saturated carbocycles. The Balaban J connectivity index is 1.78. The zero-order valence-corrected chi connectivity index (χ0v) is 15.2. The molecule has 156 valence electrons. The molecule has 1 saturated heterocycles. The number of hydrogen-bond acceptors (Lipinski definition) is 9. The van der Waals surface area contributed by atoms with E-state index in [1.165, 1.54) is 30.3 Å². The first-order chi connectivity index (χ1) is 13.8. The van der Waals surface area contributed by atoms with E-state index in [1.807, 2.05) is 0 Å². The van der Waals surface area contributed by atoms with Crippen LogP contribution in [0.2, 0.25) is 0 Å². The number of phenolic OH excluding ortho intramolecular Hbond substituents is 3. The zero-order valence-electron chi connectivity index (χ0n) is 15.2. The molecule has 1 aliphatic heterocycles. The van der Waals surface area contributed by atoms with Gasteiger partial charge in [0, 0.05) is 6.07 Å². The highest BCUT2D eigenvalue weighted by Crippen LogP contribution is 2.29. The van der Waals surface area contributed by atoms with Crippen LogP contribution in [0.25, 0.3) is 12.2 Å². The van der Waals surface area contributed by atoms with E-state index in [4.69, 9.17) is 9.47 Å². The summed E-state index contributed by atoms with van der Waals surface area (Å²) in [7, 11) is 0. The third kappa shape index (κ3) is 4.78.